The molecule has 0 unspecified atom stereocenters. The molecule has 26 heavy (non-hydrogen) atoms. The van der Waals surface area contributed by atoms with Crippen molar-refractivity contribution in [3.05, 3.63) is 65.0 Å². The summed E-state index contributed by atoms with van der Waals surface area (Å²) in [5.41, 5.74) is 3.04. The fourth-order valence-electron chi connectivity index (χ4n) is 2.64. The third kappa shape index (κ3) is 4.06. The van der Waals surface area contributed by atoms with Gasteiger partial charge in [-0.3, -0.25) is 4.79 Å². The molecule has 3 aromatic rings. The summed E-state index contributed by atoms with van der Waals surface area (Å²) in [6.07, 6.45) is 0.127. The minimum Gasteiger partial charge on any atom is -0.441 e. The largest absolute Gasteiger partial charge is 0.441 e. The minimum atomic E-state index is -0.175. The van der Waals surface area contributed by atoms with Crippen molar-refractivity contribution in [2.45, 2.75) is 13.3 Å². The number of carbonyl (C=O) groups is 1. The van der Waals surface area contributed by atoms with Crippen molar-refractivity contribution in [3.8, 4) is 11.5 Å². The molecule has 0 bridgehead atoms. The second-order valence-corrected chi connectivity index (χ2v) is 6.61. The van der Waals surface area contributed by atoms with Gasteiger partial charge in [-0.05, 0) is 37.3 Å². The molecule has 0 spiro atoms. The summed E-state index contributed by atoms with van der Waals surface area (Å²) >= 11 is 6.06. The highest BCUT2D eigenvalue weighted by atomic mass is 35.5. The van der Waals surface area contributed by atoms with Gasteiger partial charge < -0.3 is 14.6 Å². The van der Waals surface area contributed by atoms with E-state index in [2.05, 4.69) is 10.3 Å². The van der Waals surface area contributed by atoms with Crippen LogP contribution >= 0.6 is 11.6 Å². The summed E-state index contributed by atoms with van der Waals surface area (Å²) in [4.78, 5) is 18.9. The smallest absolute Gasteiger partial charge is 0.230 e. The number of hydrogen-bond acceptors (Lipinski definition) is 4. The van der Waals surface area contributed by atoms with Gasteiger partial charge >= 0.3 is 0 Å². The lowest BCUT2D eigenvalue weighted by molar-refractivity contribution is -0.115. The Labute approximate surface area is 157 Å². The molecule has 1 amide bonds. The number of benzene rings is 2. The van der Waals surface area contributed by atoms with Gasteiger partial charge in [0.05, 0.1) is 23.5 Å². The van der Waals surface area contributed by atoms with Crippen LogP contribution in [0.5, 0.6) is 0 Å². The topological polar surface area (TPSA) is 58.4 Å². The van der Waals surface area contributed by atoms with E-state index in [1.165, 1.54) is 0 Å². The highest BCUT2D eigenvalue weighted by Crippen LogP contribution is 2.28. The number of rotatable bonds is 5. The Balaban J connectivity index is 1.77. The quantitative estimate of drug-likeness (QED) is 0.716. The molecule has 2 aromatic carbocycles. The summed E-state index contributed by atoms with van der Waals surface area (Å²) < 4.78 is 5.71. The number of amides is 1. The van der Waals surface area contributed by atoms with Crippen molar-refractivity contribution < 1.29 is 9.21 Å². The molecular weight excluding hydrogens is 350 g/mol. The number of hydrogen-bond donors (Lipinski definition) is 1. The van der Waals surface area contributed by atoms with E-state index in [1.54, 1.807) is 12.1 Å². The predicted molar refractivity (Wildman–Crippen MR) is 105 cm³/mol. The van der Waals surface area contributed by atoms with Gasteiger partial charge in [0.1, 0.15) is 5.76 Å². The molecular formula is C20H20ClN3O2. The van der Waals surface area contributed by atoms with Crippen LogP contribution in [0, 0.1) is 6.92 Å². The second kappa shape index (κ2) is 7.62. The number of nitrogens with zero attached hydrogens (tertiary/aromatic N) is 2. The number of oxazole rings is 1. The van der Waals surface area contributed by atoms with Gasteiger partial charge in [-0.1, -0.05) is 29.8 Å². The van der Waals surface area contributed by atoms with Crippen LogP contribution in [0.15, 0.2) is 52.9 Å². The van der Waals surface area contributed by atoms with Gasteiger partial charge in [-0.15, -0.1) is 0 Å². The van der Waals surface area contributed by atoms with Crippen LogP contribution in [-0.2, 0) is 11.2 Å². The SMILES string of the molecule is Cc1oc(-c2ccccc2)nc1CC(=O)Nc1cc(Cl)ccc1N(C)C. The molecule has 0 radical (unpaired) electrons. The third-order valence-corrected chi connectivity index (χ3v) is 4.19. The van der Waals surface area contributed by atoms with E-state index in [0.717, 1.165) is 11.3 Å². The molecule has 1 aromatic heterocycles. The normalized spacial score (nSPS) is 10.6. The molecule has 134 valence electrons. The lowest BCUT2D eigenvalue weighted by atomic mass is 10.2. The Kier molecular flexibility index (Phi) is 5.28. The van der Waals surface area contributed by atoms with Crippen LogP contribution in [-0.4, -0.2) is 25.0 Å². The Morgan fingerprint density at radius 3 is 2.62 bits per heavy atom. The molecule has 0 aliphatic carbocycles. The van der Waals surface area contributed by atoms with Crippen molar-refractivity contribution in [3.63, 3.8) is 0 Å². The van der Waals surface area contributed by atoms with Crippen molar-refractivity contribution >= 4 is 28.9 Å². The Morgan fingerprint density at radius 1 is 1.19 bits per heavy atom. The molecule has 0 fully saturated rings. The van der Waals surface area contributed by atoms with Crippen molar-refractivity contribution in [2.75, 3.05) is 24.3 Å². The fraction of sp³-hybridized carbons (Fsp3) is 0.200. The van der Waals surface area contributed by atoms with Crippen LogP contribution in [0.25, 0.3) is 11.5 Å². The van der Waals surface area contributed by atoms with E-state index in [0.29, 0.717) is 28.1 Å². The van der Waals surface area contributed by atoms with Crippen LogP contribution in [0.2, 0.25) is 5.02 Å². The van der Waals surface area contributed by atoms with Crippen LogP contribution < -0.4 is 10.2 Å². The first-order valence-corrected chi connectivity index (χ1v) is 8.60. The van der Waals surface area contributed by atoms with Crippen LogP contribution in [0.4, 0.5) is 11.4 Å². The zero-order chi connectivity index (χ0) is 18.7. The van der Waals surface area contributed by atoms with E-state index < -0.39 is 0 Å². The van der Waals surface area contributed by atoms with Gasteiger partial charge in [-0.25, -0.2) is 4.98 Å². The summed E-state index contributed by atoms with van der Waals surface area (Å²) in [5, 5.41) is 3.48. The zero-order valence-electron chi connectivity index (χ0n) is 14.9. The third-order valence-electron chi connectivity index (χ3n) is 3.96. The number of carbonyl (C=O) groups excluding carboxylic acids is 1. The first-order valence-electron chi connectivity index (χ1n) is 8.22. The summed E-state index contributed by atoms with van der Waals surface area (Å²) in [6.45, 7) is 1.81. The van der Waals surface area contributed by atoms with Gasteiger partial charge in [-0.2, -0.15) is 0 Å². The van der Waals surface area contributed by atoms with Crippen LogP contribution in [0.1, 0.15) is 11.5 Å². The second-order valence-electron chi connectivity index (χ2n) is 6.17. The molecule has 6 heteroatoms. The van der Waals surface area contributed by atoms with E-state index in [9.17, 15) is 4.79 Å². The zero-order valence-corrected chi connectivity index (χ0v) is 15.7. The van der Waals surface area contributed by atoms with Crippen molar-refractivity contribution in [2.24, 2.45) is 0 Å². The van der Waals surface area contributed by atoms with Gasteiger partial charge in [0.2, 0.25) is 11.8 Å². The Hall–Kier alpha value is -2.79. The summed E-state index contributed by atoms with van der Waals surface area (Å²) in [7, 11) is 3.82. The summed E-state index contributed by atoms with van der Waals surface area (Å²) in [6, 6.07) is 15.0. The van der Waals surface area contributed by atoms with E-state index in [1.807, 2.05) is 62.3 Å². The number of anilines is 2. The standard InChI is InChI=1S/C20H20ClN3O2/c1-13-16(23-20(26-13)14-7-5-4-6-8-14)12-19(25)22-17-11-15(21)9-10-18(17)24(2)3/h4-11H,12H2,1-3H3,(H,22,25). The van der Waals surface area contributed by atoms with Crippen LogP contribution in [0.3, 0.4) is 0 Å². The molecule has 0 saturated carbocycles. The molecule has 3 rings (SSSR count). The van der Waals surface area contributed by atoms with Crippen molar-refractivity contribution in [1.29, 1.82) is 0 Å². The molecule has 1 heterocycles. The maximum absolute atomic E-state index is 12.5. The Bertz CT molecular complexity index is 920. The maximum atomic E-state index is 12.5. The number of aryl methyl sites for hydroxylation is 1. The first-order chi connectivity index (χ1) is 12.4. The maximum Gasteiger partial charge on any atom is 0.230 e. The molecule has 0 saturated heterocycles. The average Bonchev–Trinajstić information content (AvgIpc) is 2.96. The molecule has 0 aliphatic rings. The Morgan fingerprint density at radius 2 is 1.92 bits per heavy atom. The number of nitrogens with one attached hydrogen (secondary N) is 1. The molecule has 5 nitrogen and oxygen atoms in total. The van der Waals surface area contributed by atoms with E-state index >= 15 is 0 Å². The van der Waals surface area contributed by atoms with Gasteiger partial charge in [0.25, 0.3) is 0 Å². The fourth-order valence-corrected chi connectivity index (χ4v) is 2.81. The number of halogens is 1. The number of aromatic nitrogens is 1. The van der Waals surface area contributed by atoms with Crippen molar-refractivity contribution in [1.82, 2.24) is 4.98 Å². The van der Waals surface area contributed by atoms with Gasteiger partial charge in [0, 0.05) is 24.7 Å². The average molecular weight is 370 g/mol. The minimum absolute atomic E-state index is 0.127. The molecule has 1 N–H and O–H groups in total. The highest BCUT2D eigenvalue weighted by molar-refractivity contribution is 6.31. The monoisotopic (exact) mass is 369 g/mol. The molecule has 0 aliphatic heterocycles. The predicted octanol–water partition coefficient (Wildman–Crippen LogP) is 4.55. The highest BCUT2D eigenvalue weighted by Gasteiger charge is 2.16. The lowest BCUT2D eigenvalue weighted by Crippen LogP contribution is -2.18. The van der Waals surface area contributed by atoms with E-state index in [4.69, 9.17) is 16.0 Å². The molecule has 0 atom stereocenters. The summed E-state index contributed by atoms with van der Waals surface area (Å²) in [5.74, 6) is 0.979. The van der Waals surface area contributed by atoms with E-state index in [-0.39, 0.29) is 12.3 Å². The lowest BCUT2D eigenvalue weighted by Gasteiger charge is -2.18. The van der Waals surface area contributed by atoms with Gasteiger partial charge in [0.15, 0.2) is 0 Å². The first kappa shape index (κ1) is 18.0.